The Hall–Kier alpha value is -1.84. The van der Waals surface area contributed by atoms with Gasteiger partial charge in [0.2, 0.25) is 0 Å². The second kappa shape index (κ2) is 7.43. The molecule has 0 amide bonds. The Kier molecular flexibility index (Phi) is 5.09. The lowest BCUT2D eigenvalue weighted by molar-refractivity contribution is 0.199. The molecule has 1 fully saturated rings. The summed E-state index contributed by atoms with van der Waals surface area (Å²) in [5.41, 5.74) is 2.52. The predicted octanol–water partition coefficient (Wildman–Crippen LogP) is 3.06. The predicted molar refractivity (Wildman–Crippen MR) is 90.0 cm³/mol. The zero-order chi connectivity index (χ0) is 15.2. The third-order valence-electron chi connectivity index (χ3n) is 4.01. The van der Waals surface area contributed by atoms with Crippen molar-refractivity contribution in [3.8, 4) is 5.75 Å². The highest BCUT2D eigenvalue weighted by Gasteiger charge is 2.15. The van der Waals surface area contributed by atoms with Crippen LogP contribution in [0.4, 0.5) is 0 Å². The van der Waals surface area contributed by atoms with Gasteiger partial charge in [0.25, 0.3) is 0 Å². The molecule has 2 aromatic carbocycles. The molecule has 3 rings (SSSR count). The van der Waals surface area contributed by atoms with Crippen molar-refractivity contribution in [2.24, 2.45) is 0 Å². The van der Waals surface area contributed by atoms with Gasteiger partial charge in [-0.15, -0.1) is 0 Å². The summed E-state index contributed by atoms with van der Waals surface area (Å²) in [4.78, 5) is 2.50. The Morgan fingerprint density at radius 1 is 1.09 bits per heavy atom. The SMILES string of the molecule is C[C@H]1CN(Cc2cccc(OCc3ccccc3)c2)CCN1. The summed E-state index contributed by atoms with van der Waals surface area (Å²) >= 11 is 0. The first kappa shape index (κ1) is 15.1. The fourth-order valence-corrected chi connectivity index (χ4v) is 2.89. The maximum Gasteiger partial charge on any atom is 0.120 e. The van der Waals surface area contributed by atoms with Crippen molar-refractivity contribution >= 4 is 0 Å². The van der Waals surface area contributed by atoms with Crippen molar-refractivity contribution in [3.05, 3.63) is 65.7 Å². The number of rotatable bonds is 5. The standard InChI is InChI=1S/C19H24N2O/c1-16-13-21(11-10-20-16)14-18-8-5-9-19(12-18)22-15-17-6-3-2-4-7-17/h2-9,12,16,20H,10-11,13-15H2,1H3/t16-/m0/s1. The minimum atomic E-state index is 0.575. The number of hydrogen-bond donors (Lipinski definition) is 1. The molecule has 0 bridgehead atoms. The highest BCUT2D eigenvalue weighted by atomic mass is 16.5. The molecule has 1 aliphatic rings. The van der Waals surface area contributed by atoms with Gasteiger partial charge in [-0.1, -0.05) is 42.5 Å². The number of hydrogen-bond acceptors (Lipinski definition) is 3. The maximum atomic E-state index is 5.91. The number of piperazine rings is 1. The highest BCUT2D eigenvalue weighted by Crippen LogP contribution is 2.17. The van der Waals surface area contributed by atoms with Gasteiger partial charge in [0.15, 0.2) is 0 Å². The number of nitrogens with one attached hydrogen (secondary N) is 1. The van der Waals surface area contributed by atoms with Gasteiger partial charge in [0, 0.05) is 32.2 Å². The Balaban J connectivity index is 1.57. The van der Waals surface area contributed by atoms with E-state index in [1.165, 1.54) is 11.1 Å². The third-order valence-corrected chi connectivity index (χ3v) is 4.01. The van der Waals surface area contributed by atoms with E-state index in [2.05, 4.69) is 47.5 Å². The second-order valence-corrected chi connectivity index (χ2v) is 6.01. The first-order chi connectivity index (χ1) is 10.8. The lowest BCUT2D eigenvalue weighted by Crippen LogP contribution is -2.48. The van der Waals surface area contributed by atoms with Gasteiger partial charge in [0.1, 0.15) is 12.4 Å². The average molecular weight is 296 g/mol. The van der Waals surface area contributed by atoms with Crippen LogP contribution in [0.5, 0.6) is 5.75 Å². The van der Waals surface area contributed by atoms with Crippen LogP contribution in [0.3, 0.4) is 0 Å². The van der Waals surface area contributed by atoms with Crippen LogP contribution in [-0.4, -0.2) is 30.6 Å². The summed E-state index contributed by atoms with van der Waals surface area (Å²) in [6.07, 6.45) is 0. The van der Waals surface area contributed by atoms with Crippen LogP contribution >= 0.6 is 0 Å². The second-order valence-electron chi connectivity index (χ2n) is 6.01. The molecule has 0 aliphatic carbocycles. The van der Waals surface area contributed by atoms with Gasteiger partial charge >= 0.3 is 0 Å². The van der Waals surface area contributed by atoms with Crippen LogP contribution < -0.4 is 10.1 Å². The van der Waals surface area contributed by atoms with Gasteiger partial charge in [0.05, 0.1) is 0 Å². The molecule has 3 heteroatoms. The molecule has 3 nitrogen and oxygen atoms in total. The Labute approximate surface area is 132 Å². The van der Waals surface area contributed by atoms with Crippen molar-refractivity contribution < 1.29 is 4.74 Å². The summed E-state index contributed by atoms with van der Waals surface area (Å²) < 4.78 is 5.91. The Morgan fingerprint density at radius 2 is 1.91 bits per heavy atom. The Morgan fingerprint density at radius 3 is 2.73 bits per heavy atom. The van der Waals surface area contributed by atoms with E-state index < -0.39 is 0 Å². The molecular formula is C19H24N2O. The zero-order valence-electron chi connectivity index (χ0n) is 13.2. The van der Waals surface area contributed by atoms with Crippen molar-refractivity contribution in [3.63, 3.8) is 0 Å². The molecule has 1 saturated heterocycles. The molecule has 1 N–H and O–H groups in total. The number of benzene rings is 2. The normalized spacial score (nSPS) is 19.0. The monoisotopic (exact) mass is 296 g/mol. The van der Waals surface area contributed by atoms with Gasteiger partial charge in [-0.3, -0.25) is 4.90 Å². The topological polar surface area (TPSA) is 24.5 Å². The van der Waals surface area contributed by atoms with Crippen LogP contribution in [0.15, 0.2) is 54.6 Å². The molecular weight excluding hydrogens is 272 g/mol. The molecule has 1 atom stereocenters. The lowest BCUT2D eigenvalue weighted by Gasteiger charge is -2.31. The fourth-order valence-electron chi connectivity index (χ4n) is 2.89. The van der Waals surface area contributed by atoms with Crippen molar-refractivity contribution in [1.29, 1.82) is 0 Å². The first-order valence-corrected chi connectivity index (χ1v) is 8.01. The minimum absolute atomic E-state index is 0.575. The lowest BCUT2D eigenvalue weighted by atomic mass is 10.1. The van der Waals surface area contributed by atoms with E-state index in [0.29, 0.717) is 12.6 Å². The molecule has 22 heavy (non-hydrogen) atoms. The number of nitrogens with zero attached hydrogens (tertiary/aromatic N) is 1. The van der Waals surface area contributed by atoms with E-state index in [0.717, 1.165) is 31.9 Å². The van der Waals surface area contributed by atoms with E-state index >= 15 is 0 Å². The van der Waals surface area contributed by atoms with Crippen LogP contribution in [0.25, 0.3) is 0 Å². The van der Waals surface area contributed by atoms with Crippen molar-refractivity contribution in [2.45, 2.75) is 26.1 Å². The Bertz CT molecular complexity index is 585. The molecule has 0 unspecified atom stereocenters. The summed E-state index contributed by atoms with van der Waals surface area (Å²) in [7, 11) is 0. The van der Waals surface area contributed by atoms with Gasteiger partial charge in [-0.25, -0.2) is 0 Å². The quantitative estimate of drug-likeness (QED) is 0.918. The highest BCUT2D eigenvalue weighted by molar-refractivity contribution is 5.29. The molecule has 0 radical (unpaired) electrons. The third kappa shape index (κ3) is 4.33. The molecule has 1 aliphatic heterocycles. The molecule has 0 spiro atoms. The largest absolute Gasteiger partial charge is 0.489 e. The smallest absolute Gasteiger partial charge is 0.120 e. The van der Waals surface area contributed by atoms with Crippen molar-refractivity contribution in [2.75, 3.05) is 19.6 Å². The molecule has 1 heterocycles. The van der Waals surface area contributed by atoms with Crippen LogP contribution in [0.2, 0.25) is 0 Å². The van der Waals surface area contributed by atoms with E-state index in [1.807, 2.05) is 24.3 Å². The van der Waals surface area contributed by atoms with E-state index in [9.17, 15) is 0 Å². The zero-order valence-corrected chi connectivity index (χ0v) is 13.2. The summed E-state index contributed by atoms with van der Waals surface area (Å²) in [6, 6.07) is 19.3. The van der Waals surface area contributed by atoms with E-state index in [-0.39, 0.29) is 0 Å². The average Bonchev–Trinajstić information content (AvgIpc) is 2.54. The molecule has 0 saturated carbocycles. The molecule has 0 aromatic heterocycles. The summed E-state index contributed by atoms with van der Waals surface area (Å²) in [5, 5.41) is 3.48. The van der Waals surface area contributed by atoms with Crippen LogP contribution in [-0.2, 0) is 13.2 Å². The van der Waals surface area contributed by atoms with E-state index in [4.69, 9.17) is 4.74 Å². The van der Waals surface area contributed by atoms with Gasteiger partial charge in [-0.2, -0.15) is 0 Å². The van der Waals surface area contributed by atoms with E-state index in [1.54, 1.807) is 0 Å². The molecule has 2 aromatic rings. The van der Waals surface area contributed by atoms with Gasteiger partial charge < -0.3 is 10.1 Å². The fraction of sp³-hybridized carbons (Fsp3) is 0.368. The maximum absolute atomic E-state index is 5.91. The van der Waals surface area contributed by atoms with Crippen molar-refractivity contribution in [1.82, 2.24) is 10.2 Å². The number of ether oxygens (including phenoxy) is 1. The summed E-state index contributed by atoms with van der Waals surface area (Å²) in [5.74, 6) is 0.949. The van der Waals surface area contributed by atoms with Crippen LogP contribution in [0, 0.1) is 0 Å². The van der Waals surface area contributed by atoms with Crippen LogP contribution in [0.1, 0.15) is 18.1 Å². The molecule has 116 valence electrons. The van der Waals surface area contributed by atoms with Gasteiger partial charge in [-0.05, 0) is 30.2 Å². The summed E-state index contributed by atoms with van der Waals surface area (Å²) in [6.45, 7) is 7.15. The first-order valence-electron chi connectivity index (χ1n) is 8.01. The minimum Gasteiger partial charge on any atom is -0.489 e.